The second kappa shape index (κ2) is 8.00. The van der Waals surface area contributed by atoms with Gasteiger partial charge in [0.2, 0.25) is 6.10 Å². The van der Waals surface area contributed by atoms with E-state index in [1.54, 1.807) is 19.9 Å². The minimum atomic E-state index is -1.08. The van der Waals surface area contributed by atoms with Gasteiger partial charge in [0.1, 0.15) is 23.4 Å². The third kappa shape index (κ3) is 4.86. The maximum Gasteiger partial charge on any atom is 0.268 e. The van der Waals surface area contributed by atoms with Crippen molar-refractivity contribution in [3.05, 3.63) is 52.8 Å². The lowest BCUT2D eigenvalue weighted by atomic mass is 9.92. The lowest BCUT2D eigenvalue weighted by molar-refractivity contribution is -0.128. The molecule has 3 rings (SSSR count). The number of aromatic hydroxyl groups is 1. The fraction of sp³-hybridized carbons (Fsp3) is 0.409. The molecule has 2 aromatic carbocycles. The zero-order chi connectivity index (χ0) is 21.3. The van der Waals surface area contributed by atoms with Crippen LogP contribution in [0.5, 0.6) is 11.5 Å². The first kappa shape index (κ1) is 21.1. The van der Waals surface area contributed by atoms with Crippen LogP contribution >= 0.6 is 0 Å². The van der Waals surface area contributed by atoms with Crippen LogP contribution in [0.15, 0.2) is 30.3 Å². The molecule has 156 valence electrons. The van der Waals surface area contributed by atoms with E-state index >= 15 is 0 Å². The van der Waals surface area contributed by atoms with E-state index in [1.807, 2.05) is 26.0 Å². The van der Waals surface area contributed by atoms with Crippen molar-refractivity contribution < 1.29 is 24.1 Å². The number of halogens is 1. The van der Waals surface area contributed by atoms with Crippen LogP contribution < -0.4 is 15.4 Å². The van der Waals surface area contributed by atoms with Gasteiger partial charge in [0.25, 0.3) is 5.91 Å². The Morgan fingerprint density at radius 2 is 1.90 bits per heavy atom. The van der Waals surface area contributed by atoms with Crippen molar-refractivity contribution >= 4 is 11.6 Å². The lowest BCUT2D eigenvalue weighted by Gasteiger charge is -2.32. The number of aryl methyl sites for hydroxylation is 2. The number of rotatable bonds is 6. The van der Waals surface area contributed by atoms with Gasteiger partial charge in [-0.2, -0.15) is 0 Å². The van der Waals surface area contributed by atoms with Gasteiger partial charge in [-0.15, -0.1) is 0 Å². The number of phenols is 1. The predicted octanol–water partition coefficient (Wildman–Crippen LogP) is 2.82. The average molecular weight is 402 g/mol. The standard InChI is InChI=1S/C22H27FN2O4/c1-12-7-14(8-13(2)19(12)23)10-22(3,4)24-11-17(27)20-21(28)25-16-9-15(26)5-6-18(16)29-20/h5-9,17,20,24,26-27H,10-11H2,1-4H3,(H,25,28). The van der Waals surface area contributed by atoms with Crippen LogP contribution in [0.4, 0.5) is 10.1 Å². The Labute approximate surface area is 169 Å². The van der Waals surface area contributed by atoms with Gasteiger partial charge in [-0.1, -0.05) is 12.1 Å². The molecular formula is C22H27FN2O4. The summed E-state index contributed by atoms with van der Waals surface area (Å²) in [5.74, 6) is -0.256. The van der Waals surface area contributed by atoms with E-state index in [2.05, 4.69) is 10.6 Å². The zero-order valence-electron chi connectivity index (χ0n) is 17.0. The van der Waals surface area contributed by atoms with E-state index in [1.165, 1.54) is 12.1 Å². The minimum absolute atomic E-state index is 0.0151. The van der Waals surface area contributed by atoms with Crippen molar-refractivity contribution in [1.82, 2.24) is 5.32 Å². The number of nitrogens with one attached hydrogen (secondary N) is 2. The Kier molecular flexibility index (Phi) is 5.82. The molecule has 0 aliphatic carbocycles. The molecule has 4 N–H and O–H groups in total. The second-order valence-electron chi connectivity index (χ2n) is 8.26. The average Bonchev–Trinajstić information content (AvgIpc) is 2.63. The van der Waals surface area contributed by atoms with Gasteiger partial charge >= 0.3 is 0 Å². The molecule has 7 heteroatoms. The van der Waals surface area contributed by atoms with Crippen molar-refractivity contribution in [2.75, 3.05) is 11.9 Å². The molecule has 0 saturated carbocycles. The molecule has 0 aromatic heterocycles. The van der Waals surface area contributed by atoms with Crippen molar-refractivity contribution in [2.45, 2.75) is 51.9 Å². The van der Waals surface area contributed by atoms with Crippen molar-refractivity contribution in [2.24, 2.45) is 0 Å². The highest BCUT2D eigenvalue weighted by molar-refractivity contribution is 5.98. The molecule has 1 aliphatic rings. The first-order chi connectivity index (χ1) is 13.6. The normalized spacial score (nSPS) is 17.3. The van der Waals surface area contributed by atoms with Gasteiger partial charge in [0, 0.05) is 18.2 Å². The van der Waals surface area contributed by atoms with Gasteiger partial charge in [-0.05, 0) is 62.9 Å². The summed E-state index contributed by atoms with van der Waals surface area (Å²) in [6.07, 6.45) is -1.51. The van der Waals surface area contributed by atoms with E-state index in [9.17, 15) is 19.4 Å². The smallest absolute Gasteiger partial charge is 0.268 e. The number of carbonyl (C=O) groups is 1. The summed E-state index contributed by atoms with van der Waals surface area (Å²) in [6, 6.07) is 8.04. The predicted molar refractivity (Wildman–Crippen MR) is 109 cm³/mol. The van der Waals surface area contributed by atoms with Crippen LogP contribution in [0.3, 0.4) is 0 Å². The van der Waals surface area contributed by atoms with Crippen molar-refractivity contribution in [3.63, 3.8) is 0 Å². The number of phenolic OH excluding ortho intramolecular Hbond substituents is 1. The number of carbonyl (C=O) groups excluding carboxylic acids is 1. The van der Waals surface area contributed by atoms with Crippen LogP contribution in [0.1, 0.15) is 30.5 Å². The quantitative estimate of drug-likeness (QED) is 0.597. The third-order valence-corrected chi connectivity index (χ3v) is 5.01. The number of aliphatic hydroxyl groups excluding tert-OH is 1. The summed E-state index contributed by atoms with van der Waals surface area (Å²) >= 11 is 0. The second-order valence-corrected chi connectivity index (χ2v) is 8.26. The number of hydrogen-bond donors (Lipinski definition) is 4. The van der Waals surface area contributed by atoms with Gasteiger partial charge < -0.3 is 25.6 Å². The molecule has 0 radical (unpaired) electrons. The van der Waals surface area contributed by atoms with E-state index in [0.717, 1.165) is 5.56 Å². The maximum atomic E-state index is 13.9. The summed E-state index contributed by atoms with van der Waals surface area (Å²) in [4.78, 5) is 12.3. The lowest BCUT2D eigenvalue weighted by Crippen LogP contribution is -2.53. The zero-order valence-corrected chi connectivity index (χ0v) is 17.0. The van der Waals surface area contributed by atoms with Crippen molar-refractivity contribution in [1.29, 1.82) is 0 Å². The Morgan fingerprint density at radius 1 is 1.24 bits per heavy atom. The maximum absolute atomic E-state index is 13.9. The molecule has 2 unspecified atom stereocenters. The number of amides is 1. The molecule has 0 fully saturated rings. The molecule has 2 aromatic rings. The van der Waals surface area contributed by atoms with Crippen LogP contribution in [0.2, 0.25) is 0 Å². The fourth-order valence-corrected chi connectivity index (χ4v) is 3.56. The van der Waals surface area contributed by atoms with E-state index in [0.29, 0.717) is 29.0 Å². The highest BCUT2D eigenvalue weighted by atomic mass is 19.1. The summed E-state index contributed by atoms with van der Waals surface area (Å²) in [5.41, 5.74) is 2.18. The minimum Gasteiger partial charge on any atom is -0.508 e. The largest absolute Gasteiger partial charge is 0.508 e. The van der Waals surface area contributed by atoms with Gasteiger partial charge in [-0.3, -0.25) is 4.79 Å². The first-order valence-corrected chi connectivity index (χ1v) is 9.55. The van der Waals surface area contributed by atoms with Gasteiger partial charge in [0.15, 0.2) is 0 Å². The van der Waals surface area contributed by atoms with E-state index in [-0.39, 0.29) is 18.1 Å². The molecule has 1 heterocycles. The Balaban J connectivity index is 1.62. The van der Waals surface area contributed by atoms with Gasteiger partial charge in [-0.25, -0.2) is 4.39 Å². The number of aliphatic hydroxyl groups is 1. The number of anilines is 1. The molecule has 6 nitrogen and oxygen atoms in total. The molecule has 0 bridgehead atoms. The van der Waals surface area contributed by atoms with Crippen LogP contribution in [-0.4, -0.2) is 40.4 Å². The number of benzene rings is 2. The molecule has 0 saturated heterocycles. The Hall–Kier alpha value is -2.64. The number of hydrogen-bond acceptors (Lipinski definition) is 5. The van der Waals surface area contributed by atoms with Gasteiger partial charge in [0.05, 0.1) is 5.69 Å². The molecule has 2 atom stereocenters. The fourth-order valence-electron chi connectivity index (χ4n) is 3.56. The molecule has 1 amide bonds. The summed E-state index contributed by atoms with van der Waals surface area (Å²) < 4.78 is 19.5. The SMILES string of the molecule is Cc1cc(CC(C)(C)NCC(O)C2Oc3ccc(O)cc3NC2=O)cc(C)c1F. The summed E-state index contributed by atoms with van der Waals surface area (Å²) in [7, 11) is 0. The molecule has 0 spiro atoms. The third-order valence-electron chi connectivity index (χ3n) is 5.01. The summed E-state index contributed by atoms with van der Waals surface area (Å²) in [5, 5.41) is 25.9. The summed E-state index contributed by atoms with van der Waals surface area (Å²) in [6.45, 7) is 7.58. The molecule has 29 heavy (non-hydrogen) atoms. The highest BCUT2D eigenvalue weighted by Gasteiger charge is 2.34. The van der Waals surface area contributed by atoms with Crippen LogP contribution in [0.25, 0.3) is 0 Å². The van der Waals surface area contributed by atoms with Crippen LogP contribution in [-0.2, 0) is 11.2 Å². The number of ether oxygens (including phenoxy) is 1. The number of fused-ring (bicyclic) bond motifs is 1. The molecular weight excluding hydrogens is 375 g/mol. The van der Waals surface area contributed by atoms with Crippen LogP contribution in [0, 0.1) is 19.7 Å². The van der Waals surface area contributed by atoms with E-state index < -0.39 is 23.7 Å². The van der Waals surface area contributed by atoms with E-state index in [4.69, 9.17) is 4.74 Å². The first-order valence-electron chi connectivity index (χ1n) is 9.55. The Morgan fingerprint density at radius 3 is 2.55 bits per heavy atom. The topological polar surface area (TPSA) is 90.8 Å². The molecule has 1 aliphatic heterocycles. The number of β-amino-alcohol motifs (C(OH)–C–C–N with tert-alkyl or cyclic N) is 1. The monoisotopic (exact) mass is 402 g/mol. The highest BCUT2D eigenvalue weighted by Crippen LogP contribution is 2.33. The Bertz CT molecular complexity index is 906. The van der Waals surface area contributed by atoms with Crippen molar-refractivity contribution in [3.8, 4) is 11.5 Å².